The minimum absolute atomic E-state index is 0. The molecule has 0 saturated heterocycles. The third kappa shape index (κ3) is 5.88. The number of rotatable bonds is 2. The number of alkyl halides is 3. The summed E-state index contributed by atoms with van der Waals surface area (Å²) >= 11 is 1.07. The van der Waals surface area contributed by atoms with Gasteiger partial charge in [-0.2, -0.15) is 13.2 Å². The average molecular weight is 569 g/mol. The Morgan fingerprint density at radius 2 is 1.80 bits per heavy atom. The van der Waals surface area contributed by atoms with Gasteiger partial charge in [0.05, 0.1) is 17.8 Å². The topological polar surface area (TPSA) is 58.4 Å². The molecule has 0 atom stereocenters. The fourth-order valence-electron chi connectivity index (χ4n) is 2.61. The van der Waals surface area contributed by atoms with Gasteiger partial charge in [-0.3, -0.25) is 9.78 Å². The maximum Gasteiger partial charge on any atom is 0.449 e. The number of benzene rings is 1. The van der Waals surface area contributed by atoms with Crippen LogP contribution in [-0.4, -0.2) is 26.8 Å². The first-order valence-electron chi connectivity index (χ1n) is 8.34. The third-order valence-corrected chi connectivity index (χ3v) is 4.84. The van der Waals surface area contributed by atoms with Crippen LogP contribution in [0, 0.1) is 56.4 Å². The van der Waals surface area contributed by atoms with Crippen molar-refractivity contribution < 1.29 is 77.0 Å². The van der Waals surface area contributed by atoms with Crippen molar-refractivity contribution in [3.05, 3.63) is 90.1 Å². The number of allylic oxidation sites excluding steroid dienone is 2. The molecule has 0 aliphatic carbocycles. The maximum absolute atomic E-state index is 11.8. The van der Waals surface area contributed by atoms with Crippen LogP contribution < -0.4 is 4.57 Å². The van der Waals surface area contributed by atoms with E-state index in [0.29, 0.717) is 0 Å². The van der Waals surface area contributed by atoms with Crippen molar-refractivity contribution >= 4 is 38.9 Å². The molecule has 9 heteroatoms. The molecule has 0 aliphatic rings. The molecule has 1 aromatic carbocycles. The van der Waals surface area contributed by atoms with Gasteiger partial charge in [0.15, 0.2) is 0 Å². The first-order valence-corrected chi connectivity index (χ1v) is 9.22. The Kier molecular flexibility index (Phi) is 8.55. The number of aliphatic hydroxyl groups excluding tert-OH is 1. The minimum Gasteiger partial charge on any atom is -0.504 e. The summed E-state index contributed by atoms with van der Waals surface area (Å²) in [6.45, 7) is 0. The molecule has 0 unspecified atom stereocenters. The Hall–Kier alpha value is -1.81. The van der Waals surface area contributed by atoms with Gasteiger partial charge in [0.1, 0.15) is 10.4 Å². The second-order valence-electron chi connectivity index (χ2n) is 5.95. The molecule has 1 radical (unpaired) electrons. The predicted molar refractivity (Wildman–Crippen MR) is 107 cm³/mol. The van der Waals surface area contributed by atoms with Crippen LogP contribution in [0.1, 0.15) is 4.88 Å². The summed E-state index contributed by atoms with van der Waals surface area (Å²) in [7, 11) is 3.98. The van der Waals surface area contributed by atoms with Crippen LogP contribution in [0.25, 0.3) is 21.8 Å². The molecule has 0 bridgehead atoms. The summed E-state index contributed by atoms with van der Waals surface area (Å²) in [5.74, 6) is -2.42. The molecule has 0 amide bonds. The zero-order valence-corrected chi connectivity index (χ0v) is 18.6. The molecule has 3 heterocycles. The largest absolute Gasteiger partial charge is 0.504 e. The van der Waals surface area contributed by atoms with E-state index >= 15 is 0 Å². The Morgan fingerprint density at radius 3 is 2.47 bits per heavy atom. The van der Waals surface area contributed by atoms with Gasteiger partial charge in [-0.25, -0.2) is 0 Å². The van der Waals surface area contributed by atoms with Crippen LogP contribution in [-0.2, 0) is 0 Å². The van der Waals surface area contributed by atoms with Crippen molar-refractivity contribution in [2.75, 3.05) is 0 Å². The number of thiophene rings is 1. The average Bonchev–Trinajstić information content (AvgIpc) is 3.22. The van der Waals surface area contributed by atoms with E-state index in [0.717, 1.165) is 27.8 Å². The molecular formula is C21H16EuF3N2O2S+. The summed E-state index contributed by atoms with van der Waals surface area (Å²) in [5.41, 5.74) is 2.08. The zero-order chi connectivity index (χ0) is 21.0. The third-order valence-electron chi connectivity index (χ3n) is 3.95. The molecule has 2 N–H and O–H groups in total. The molecule has 0 saturated carbocycles. The molecule has 155 valence electrons. The first-order chi connectivity index (χ1) is 13.8. The van der Waals surface area contributed by atoms with Gasteiger partial charge in [0, 0.05) is 62.6 Å². The minimum atomic E-state index is -4.83. The number of aromatic nitrogens is 2. The van der Waals surface area contributed by atoms with Gasteiger partial charge in [0.25, 0.3) is 0 Å². The number of ketones is 1. The van der Waals surface area contributed by atoms with Gasteiger partial charge >= 0.3 is 12.0 Å². The Labute approximate surface area is 215 Å². The maximum atomic E-state index is 11.8. The second-order valence-corrected chi connectivity index (χ2v) is 6.89. The van der Waals surface area contributed by atoms with Crippen molar-refractivity contribution in [1.82, 2.24) is 4.98 Å². The fraction of sp³-hybridized carbons (Fsp3) is 0.0476. The zero-order valence-electron chi connectivity index (χ0n) is 15.3. The van der Waals surface area contributed by atoms with E-state index in [1.54, 1.807) is 11.4 Å². The van der Waals surface area contributed by atoms with Crippen LogP contribution in [0.15, 0.2) is 78.1 Å². The summed E-state index contributed by atoms with van der Waals surface area (Å²) in [6.07, 6.45) is -0.789. The molecule has 0 spiro atoms. The van der Waals surface area contributed by atoms with E-state index in [1.165, 1.54) is 11.5 Å². The monoisotopic (exact) mass is 570 g/mol. The van der Waals surface area contributed by atoms with E-state index in [-0.39, 0.29) is 60.3 Å². The van der Waals surface area contributed by atoms with E-state index in [1.807, 2.05) is 29.1 Å². The number of nitrogens with zero attached hydrogens (tertiary/aromatic N) is 2. The standard InChI is InChI=1S/C13H10N2.C8H5F3O2S.Eu/c1-15-9-3-5-11-7-6-10-4-2-8-14-12(10)13(11)15;9-8(10,11)7(13)4-5(12)6-2-1-3-14-6;/h2-9H,1H2;1-4,13H;/p+1/b;7-4-;. The molecule has 4 rings (SSSR count). The molecule has 0 fully saturated rings. The van der Waals surface area contributed by atoms with E-state index in [2.05, 4.69) is 36.3 Å². The summed E-state index contributed by atoms with van der Waals surface area (Å²) < 4.78 is 37.3. The van der Waals surface area contributed by atoms with E-state index < -0.39 is 17.7 Å². The van der Waals surface area contributed by atoms with Crippen LogP contribution >= 0.6 is 11.3 Å². The first kappa shape index (κ1) is 24.5. The fourth-order valence-corrected chi connectivity index (χ4v) is 3.25. The SMILES string of the molecule is O/C(=C\C(=[OH+])c1cccs1)C(F)(F)F.[CH2-][n+]1cccc2ccc3cccnc3c21.[Eu]. The molecule has 4 nitrogen and oxygen atoms in total. The number of pyridine rings is 2. The van der Waals surface area contributed by atoms with Crippen LogP contribution in [0.3, 0.4) is 0 Å². The van der Waals surface area contributed by atoms with Crippen molar-refractivity contribution in [3.8, 4) is 0 Å². The summed E-state index contributed by atoms with van der Waals surface area (Å²) in [4.78, 5) is 13.8. The number of carbonyl (C=O) groups excluding carboxylic acids is 1. The Morgan fingerprint density at radius 1 is 1.10 bits per heavy atom. The van der Waals surface area contributed by atoms with Crippen LogP contribution in [0.4, 0.5) is 13.2 Å². The van der Waals surface area contributed by atoms with Crippen molar-refractivity contribution in [2.45, 2.75) is 6.18 Å². The molecule has 3 aromatic heterocycles. The van der Waals surface area contributed by atoms with Gasteiger partial charge in [-0.1, -0.05) is 36.4 Å². The van der Waals surface area contributed by atoms with Crippen molar-refractivity contribution in [1.29, 1.82) is 0 Å². The summed E-state index contributed by atoms with van der Waals surface area (Å²) in [6, 6.07) is 15.3. The van der Waals surface area contributed by atoms with Gasteiger partial charge in [0.2, 0.25) is 5.76 Å². The normalized spacial score (nSPS) is 11.5. The van der Waals surface area contributed by atoms with Crippen molar-refractivity contribution in [3.63, 3.8) is 0 Å². The Bertz CT molecular complexity index is 1190. The number of hydrogen-bond acceptors (Lipinski definition) is 3. The van der Waals surface area contributed by atoms with Crippen LogP contribution in [0.5, 0.6) is 0 Å². The molecule has 0 aliphatic heterocycles. The second kappa shape index (κ2) is 10.5. The molecular weight excluding hydrogens is 553 g/mol. The quantitative estimate of drug-likeness (QED) is 0.0706. The number of halogens is 3. The molecule has 4 aromatic rings. The van der Waals surface area contributed by atoms with Gasteiger partial charge < -0.3 is 9.67 Å². The van der Waals surface area contributed by atoms with Gasteiger partial charge in [-0.05, 0) is 28.3 Å². The predicted octanol–water partition coefficient (Wildman–Crippen LogP) is 4.96. The van der Waals surface area contributed by atoms with E-state index in [4.69, 9.17) is 9.90 Å². The molecule has 30 heavy (non-hydrogen) atoms. The van der Waals surface area contributed by atoms with Crippen molar-refractivity contribution in [2.24, 2.45) is 0 Å². The van der Waals surface area contributed by atoms with E-state index in [9.17, 15) is 13.2 Å². The van der Waals surface area contributed by atoms with Gasteiger partial charge in [-0.15, -0.1) is 11.3 Å². The summed E-state index contributed by atoms with van der Waals surface area (Å²) in [5, 5.41) is 12.4. The number of hydrogen-bond donors (Lipinski definition) is 1. The number of aliphatic hydroxyl groups is 1. The number of fused-ring (bicyclic) bond motifs is 3. The van der Waals surface area contributed by atoms with Crippen LogP contribution in [0.2, 0.25) is 0 Å². The smallest absolute Gasteiger partial charge is 0.449 e. The Balaban J connectivity index is 0.000000208.